The molecule has 0 fully saturated rings. The predicted molar refractivity (Wildman–Crippen MR) is 92.8 cm³/mol. The van der Waals surface area contributed by atoms with E-state index in [2.05, 4.69) is 0 Å². The Labute approximate surface area is 140 Å². The van der Waals surface area contributed by atoms with Crippen LogP contribution in [-0.2, 0) is 6.54 Å². The van der Waals surface area contributed by atoms with Crippen LogP contribution in [0, 0.1) is 18.3 Å². The summed E-state index contributed by atoms with van der Waals surface area (Å²) in [7, 11) is 0. The van der Waals surface area contributed by atoms with E-state index >= 15 is 0 Å². The molecule has 1 unspecified atom stereocenters. The molecular formula is C20H18N2O2. The van der Waals surface area contributed by atoms with E-state index < -0.39 is 6.10 Å². The average Bonchev–Trinajstić information content (AvgIpc) is 2.88. The Morgan fingerprint density at radius 3 is 2.54 bits per heavy atom. The first-order valence-electron chi connectivity index (χ1n) is 7.86. The van der Waals surface area contributed by atoms with Gasteiger partial charge in [0.05, 0.1) is 30.8 Å². The molecule has 0 radical (unpaired) electrons. The summed E-state index contributed by atoms with van der Waals surface area (Å²) < 4.78 is 1.84. The van der Waals surface area contributed by atoms with Crippen LogP contribution in [0.4, 0.5) is 0 Å². The van der Waals surface area contributed by atoms with Crippen LogP contribution < -0.4 is 0 Å². The summed E-state index contributed by atoms with van der Waals surface area (Å²) in [5, 5.41) is 19.9. The van der Waals surface area contributed by atoms with Gasteiger partial charge in [0.15, 0.2) is 0 Å². The molecule has 4 nitrogen and oxygen atoms in total. The van der Waals surface area contributed by atoms with E-state index in [1.54, 1.807) is 12.1 Å². The highest BCUT2D eigenvalue weighted by molar-refractivity contribution is 6.12. The smallest absolute Gasteiger partial charge is 0.209 e. The predicted octanol–water partition coefficient (Wildman–Crippen LogP) is 3.46. The van der Waals surface area contributed by atoms with Crippen molar-refractivity contribution < 1.29 is 9.90 Å². The van der Waals surface area contributed by atoms with E-state index in [1.807, 2.05) is 60.0 Å². The van der Waals surface area contributed by atoms with Gasteiger partial charge in [0.1, 0.15) is 0 Å². The lowest BCUT2D eigenvalue weighted by Gasteiger charge is -2.14. The van der Waals surface area contributed by atoms with Crippen LogP contribution in [0.15, 0.2) is 54.6 Å². The number of fused-ring (bicyclic) bond motifs is 1. The lowest BCUT2D eigenvalue weighted by molar-refractivity contribution is 0.102. The van der Waals surface area contributed by atoms with Crippen molar-refractivity contribution >= 4 is 16.7 Å². The normalized spacial score (nSPS) is 12.0. The summed E-state index contributed by atoms with van der Waals surface area (Å²) in [5.74, 6) is -0.0755. The Morgan fingerprint density at radius 1 is 1.17 bits per heavy atom. The van der Waals surface area contributed by atoms with Crippen LogP contribution >= 0.6 is 0 Å². The van der Waals surface area contributed by atoms with Crippen molar-refractivity contribution in [2.45, 2.75) is 26.0 Å². The third kappa shape index (κ3) is 2.82. The molecule has 0 aliphatic heterocycles. The minimum absolute atomic E-state index is 0.0323. The second-order valence-electron chi connectivity index (χ2n) is 5.81. The molecule has 24 heavy (non-hydrogen) atoms. The monoisotopic (exact) mass is 318 g/mol. The highest BCUT2D eigenvalue weighted by Crippen LogP contribution is 2.28. The standard InChI is InChI=1S/C20H18N2O2/c1-14-17-9-5-6-10-18(17)22(13-16(23)11-12-21)19(14)20(24)15-7-3-2-4-8-15/h2-10,16,23H,11,13H2,1H3. The maximum absolute atomic E-state index is 13.0. The third-order valence-corrected chi connectivity index (χ3v) is 4.20. The van der Waals surface area contributed by atoms with Gasteiger partial charge < -0.3 is 9.67 Å². The van der Waals surface area contributed by atoms with Gasteiger partial charge in [-0.1, -0.05) is 48.5 Å². The zero-order valence-electron chi connectivity index (χ0n) is 13.4. The van der Waals surface area contributed by atoms with E-state index in [1.165, 1.54) is 0 Å². The quantitative estimate of drug-likeness (QED) is 0.733. The van der Waals surface area contributed by atoms with E-state index in [0.717, 1.165) is 16.5 Å². The van der Waals surface area contributed by atoms with Crippen LogP contribution in [0.1, 0.15) is 28.0 Å². The summed E-state index contributed by atoms with van der Waals surface area (Å²) in [6.45, 7) is 2.14. The average molecular weight is 318 g/mol. The fraction of sp³-hybridized carbons (Fsp3) is 0.200. The molecular weight excluding hydrogens is 300 g/mol. The number of nitrogens with zero attached hydrogens (tertiary/aromatic N) is 2. The first-order valence-corrected chi connectivity index (χ1v) is 7.86. The first-order chi connectivity index (χ1) is 11.6. The second-order valence-corrected chi connectivity index (χ2v) is 5.81. The number of nitriles is 1. The molecule has 0 spiro atoms. The van der Waals surface area contributed by atoms with Crippen molar-refractivity contribution in [3.05, 3.63) is 71.4 Å². The highest BCUT2D eigenvalue weighted by atomic mass is 16.3. The minimum atomic E-state index is -0.812. The molecule has 1 aromatic heterocycles. The summed E-state index contributed by atoms with van der Waals surface area (Å²) in [6.07, 6.45) is -0.780. The van der Waals surface area contributed by atoms with Gasteiger partial charge in [0.25, 0.3) is 0 Å². The largest absolute Gasteiger partial charge is 0.390 e. The van der Waals surface area contributed by atoms with Gasteiger partial charge in [-0.2, -0.15) is 5.26 Å². The van der Waals surface area contributed by atoms with E-state index in [9.17, 15) is 9.90 Å². The maximum Gasteiger partial charge on any atom is 0.209 e. The fourth-order valence-electron chi connectivity index (χ4n) is 3.07. The molecule has 0 saturated carbocycles. The number of aromatic nitrogens is 1. The number of carbonyl (C=O) groups is 1. The van der Waals surface area contributed by atoms with Gasteiger partial charge in [0, 0.05) is 16.5 Å². The summed E-state index contributed by atoms with van der Waals surface area (Å²) >= 11 is 0. The zero-order chi connectivity index (χ0) is 17.1. The number of benzene rings is 2. The van der Waals surface area contributed by atoms with Gasteiger partial charge >= 0.3 is 0 Å². The molecule has 1 heterocycles. The van der Waals surface area contributed by atoms with Gasteiger partial charge in [-0.05, 0) is 18.6 Å². The van der Waals surface area contributed by atoms with E-state index in [-0.39, 0.29) is 18.7 Å². The Bertz CT molecular complexity index is 920. The molecule has 1 atom stereocenters. The molecule has 3 rings (SSSR count). The second kappa shape index (κ2) is 6.69. The number of aliphatic hydroxyl groups is 1. The fourth-order valence-corrected chi connectivity index (χ4v) is 3.07. The lowest BCUT2D eigenvalue weighted by atomic mass is 10.0. The number of ketones is 1. The summed E-state index contributed by atoms with van der Waals surface area (Å²) in [4.78, 5) is 13.0. The number of hydrogen-bond donors (Lipinski definition) is 1. The summed E-state index contributed by atoms with van der Waals surface area (Å²) in [5.41, 5.74) is 2.97. The molecule has 0 aliphatic rings. The number of aliphatic hydroxyl groups excluding tert-OH is 1. The zero-order valence-corrected chi connectivity index (χ0v) is 13.4. The number of aryl methyl sites for hydroxylation is 1. The molecule has 0 bridgehead atoms. The van der Waals surface area contributed by atoms with E-state index in [4.69, 9.17) is 5.26 Å². The minimum Gasteiger partial charge on any atom is -0.390 e. The third-order valence-electron chi connectivity index (χ3n) is 4.20. The molecule has 3 aromatic rings. The van der Waals surface area contributed by atoms with Gasteiger partial charge in [-0.15, -0.1) is 0 Å². The molecule has 4 heteroatoms. The highest BCUT2D eigenvalue weighted by Gasteiger charge is 2.22. The maximum atomic E-state index is 13.0. The SMILES string of the molecule is Cc1c(C(=O)c2ccccc2)n(CC(O)CC#N)c2ccccc12. The Morgan fingerprint density at radius 2 is 1.83 bits per heavy atom. The van der Waals surface area contributed by atoms with Crippen LogP contribution in [-0.4, -0.2) is 21.6 Å². The van der Waals surface area contributed by atoms with Gasteiger partial charge in [-0.25, -0.2) is 0 Å². The number of carbonyl (C=O) groups excluding carboxylic acids is 1. The van der Waals surface area contributed by atoms with Crippen LogP contribution in [0.5, 0.6) is 0 Å². The van der Waals surface area contributed by atoms with E-state index in [0.29, 0.717) is 11.3 Å². The topological polar surface area (TPSA) is 66.0 Å². The van der Waals surface area contributed by atoms with Crippen LogP contribution in [0.3, 0.4) is 0 Å². The van der Waals surface area contributed by atoms with Crippen molar-refractivity contribution in [3.63, 3.8) is 0 Å². The van der Waals surface area contributed by atoms with Crippen LogP contribution in [0.25, 0.3) is 10.9 Å². The Hall–Kier alpha value is -2.90. The molecule has 0 aliphatic carbocycles. The summed E-state index contributed by atoms with van der Waals surface area (Å²) in [6, 6.07) is 18.8. The first kappa shape index (κ1) is 16.0. The van der Waals surface area contributed by atoms with Crippen molar-refractivity contribution in [1.29, 1.82) is 5.26 Å². The van der Waals surface area contributed by atoms with Crippen molar-refractivity contribution in [3.8, 4) is 6.07 Å². The molecule has 0 saturated heterocycles. The van der Waals surface area contributed by atoms with Gasteiger partial charge in [-0.3, -0.25) is 4.79 Å². The number of hydrogen-bond acceptors (Lipinski definition) is 3. The molecule has 1 N–H and O–H groups in total. The van der Waals surface area contributed by atoms with Crippen LogP contribution in [0.2, 0.25) is 0 Å². The number of para-hydroxylation sites is 1. The lowest BCUT2D eigenvalue weighted by Crippen LogP contribution is -2.19. The van der Waals surface area contributed by atoms with Crippen molar-refractivity contribution in [2.75, 3.05) is 0 Å². The van der Waals surface area contributed by atoms with Crippen molar-refractivity contribution in [2.24, 2.45) is 0 Å². The molecule has 120 valence electrons. The molecule has 2 aromatic carbocycles. The Kier molecular flexibility index (Phi) is 4.45. The van der Waals surface area contributed by atoms with Gasteiger partial charge in [0.2, 0.25) is 5.78 Å². The van der Waals surface area contributed by atoms with Crippen molar-refractivity contribution in [1.82, 2.24) is 4.57 Å². The Balaban J connectivity index is 2.17. The number of rotatable bonds is 5. The molecule has 0 amide bonds.